The van der Waals surface area contributed by atoms with Gasteiger partial charge in [-0.05, 0) is 49.1 Å². The quantitative estimate of drug-likeness (QED) is 0.625. The third kappa shape index (κ3) is 3.22. The highest BCUT2D eigenvalue weighted by molar-refractivity contribution is 7.18. The van der Waals surface area contributed by atoms with Gasteiger partial charge in [-0.15, -0.1) is 11.3 Å². The number of thiazole rings is 1. The Balaban J connectivity index is 1.56. The minimum Gasteiger partial charge on any atom is -0.330 e. The molecule has 2 heterocycles. The average Bonchev–Trinajstić information content (AvgIpc) is 3.27. The molecular weight excluding hydrogens is 328 g/mol. The summed E-state index contributed by atoms with van der Waals surface area (Å²) in [7, 11) is 0. The van der Waals surface area contributed by atoms with Crippen LogP contribution in [0, 0.1) is 6.92 Å². The first-order valence-electron chi connectivity index (χ1n) is 8.62. The van der Waals surface area contributed by atoms with Crippen molar-refractivity contribution in [1.29, 1.82) is 0 Å². The summed E-state index contributed by atoms with van der Waals surface area (Å²) >= 11 is 1.70. The lowest BCUT2D eigenvalue weighted by Gasteiger charge is -2.21. The molecule has 1 amide bonds. The van der Waals surface area contributed by atoms with Gasteiger partial charge in [0.1, 0.15) is 5.01 Å². The number of para-hydroxylation sites is 1. The van der Waals surface area contributed by atoms with Gasteiger partial charge in [-0.25, -0.2) is 4.98 Å². The highest BCUT2D eigenvalue weighted by Crippen LogP contribution is 2.36. The molecule has 4 rings (SSSR count). The standard InChI is InChI=1S/C21H20N2OS/c1-15-7-2-3-8-16(15)12-13-20(24)23-14-6-10-18(23)21-22-17-9-4-5-11-19(17)25-21/h2-5,7-9,11-13,18H,6,10,14H2,1H3. The van der Waals surface area contributed by atoms with Gasteiger partial charge in [-0.2, -0.15) is 0 Å². The topological polar surface area (TPSA) is 33.2 Å². The van der Waals surface area contributed by atoms with Crippen LogP contribution in [-0.4, -0.2) is 22.3 Å². The van der Waals surface area contributed by atoms with E-state index >= 15 is 0 Å². The number of benzene rings is 2. The van der Waals surface area contributed by atoms with Gasteiger partial charge in [0.2, 0.25) is 5.91 Å². The summed E-state index contributed by atoms with van der Waals surface area (Å²) in [5, 5.41) is 1.05. The summed E-state index contributed by atoms with van der Waals surface area (Å²) in [6, 6.07) is 16.4. The van der Waals surface area contributed by atoms with Crippen molar-refractivity contribution in [1.82, 2.24) is 9.88 Å². The van der Waals surface area contributed by atoms with Crippen molar-refractivity contribution in [2.24, 2.45) is 0 Å². The predicted octanol–water partition coefficient (Wildman–Crippen LogP) is 4.98. The Hall–Kier alpha value is -2.46. The molecule has 1 fully saturated rings. The van der Waals surface area contributed by atoms with Crippen LogP contribution in [0.15, 0.2) is 54.6 Å². The predicted molar refractivity (Wildman–Crippen MR) is 104 cm³/mol. The molecule has 0 bridgehead atoms. The fraction of sp³-hybridized carbons (Fsp3) is 0.238. The van der Waals surface area contributed by atoms with Crippen LogP contribution < -0.4 is 0 Å². The van der Waals surface area contributed by atoms with E-state index in [4.69, 9.17) is 4.98 Å². The summed E-state index contributed by atoms with van der Waals surface area (Å²) in [4.78, 5) is 19.5. The summed E-state index contributed by atoms with van der Waals surface area (Å²) in [6.45, 7) is 2.86. The Morgan fingerprint density at radius 1 is 1.20 bits per heavy atom. The average molecular weight is 348 g/mol. The first-order chi connectivity index (χ1) is 12.2. The van der Waals surface area contributed by atoms with Gasteiger partial charge in [-0.3, -0.25) is 4.79 Å². The van der Waals surface area contributed by atoms with Crippen LogP contribution in [0.3, 0.4) is 0 Å². The molecule has 1 saturated heterocycles. The maximum absolute atomic E-state index is 12.7. The molecule has 1 aliphatic rings. The molecule has 1 atom stereocenters. The number of hydrogen-bond donors (Lipinski definition) is 0. The van der Waals surface area contributed by atoms with Crippen LogP contribution >= 0.6 is 11.3 Å². The number of fused-ring (bicyclic) bond motifs is 1. The summed E-state index contributed by atoms with van der Waals surface area (Å²) in [5.41, 5.74) is 3.29. The van der Waals surface area contributed by atoms with Crippen molar-refractivity contribution in [3.63, 3.8) is 0 Å². The van der Waals surface area contributed by atoms with E-state index in [-0.39, 0.29) is 11.9 Å². The Labute approximate surface area is 151 Å². The first-order valence-corrected chi connectivity index (χ1v) is 9.44. The number of likely N-dealkylation sites (tertiary alicyclic amines) is 1. The van der Waals surface area contributed by atoms with E-state index in [9.17, 15) is 4.79 Å². The maximum Gasteiger partial charge on any atom is 0.247 e. The molecule has 3 nitrogen and oxygen atoms in total. The minimum atomic E-state index is 0.0741. The van der Waals surface area contributed by atoms with Gasteiger partial charge in [0.25, 0.3) is 0 Å². The van der Waals surface area contributed by atoms with E-state index in [0.717, 1.165) is 35.5 Å². The number of rotatable bonds is 3. The molecule has 1 aliphatic heterocycles. The lowest BCUT2D eigenvalue weighted by atomic mass is 10.1. The van der Waals surface area contributed by atoms with Crippen molar-refractivity contribution >= 4 is 33.5 Å². The SMILES string of the molecule is Cc1ccccc1C=CC(=O)N1CCCC1c1nc2ccccc2s1. The van der Waals surface area contributed by atoms with Crippen LogP contribution in [0.1, 0.15) is 35.0 Å². The second kappa shape index (κ2) is 6.81. The number of hydrogen-bond acceptors (Lipinski definition) is 3. The number of aromatic nitrogens is 1. The van der Waals surface area contributed by atoms with E-state index < -0.39 is 0 Å². The third-order valence-corrected chi connectivity index (χ3v) is 5.86. The van der Waals surface area contributed by atoms with Gasteiger partial charge in [-0.1, -0.05) is 36.4 Å². The molecule has 0 spiro atoms. The third-order valence-electron chi connectivity index (χ3n) is 4.73. The highest BCUT2D eigenvalue weighted by atomic mass is 32.1. The lowest BCUT2D eigenvalue weighted by molar-refractivity contribution is -0.126. The second-order valence-electron chi connectivity index (χ2n) is 6.40. The van der Waals surface area contributed by atoms with Crippen LogP contribution in [0.2, 0.25) is 0 Å². The molecule has 0 radical (unpaired) electrons. The van der Waals surface area contributed by atoms with Crippen molar-refractivity contribution < 1.29 is 4.79 Å². The Kier molecular flexibility index (Phi) is 4.36. The van der Waals surface area contributed by atoms with E-state index in [1.807, 2.05) is 47.4 Å². The van der Waals surface area contributed by atoms with Crippen LogP contribution in [0.5, 0.6) is 0 Å². The monoisotopic (exact) mass is 348 g/mol. The smallest absolute Gasteiger partial charge is 0.247 e. The van der Waals surface area contributed by atoms with E-state index in [2.05, 4.69) is 19.1 Å². The number of carbonyl (C=O) groups excluding carboxylic acids is 1. The molecule has 0 N–H and O–H groups in total. The lowest BCUT2D eigenvalue weighted by Crippen LogP contribution is -2.28. The van der Waals surface area contributed by atoms with Crippen molar-refractivity contribution in [3.05, 3.63) is 70.7 Å². The largest absolute Gasteiger partial charge is 0.330 e. The van der Waals surface area contributed by atoms with Gasteiger partial charge in [0, 0.05) is 12.6 Å². The first kappa shape index (κ1) is 16.0. The molecule has 2 aromatic carbocycles. The summed E-state index contributed by atoms with van der Waals surface area (Å²) < 4.78 is 1.19. The fourth-order valence-electron chi connectivity index (χ4n) is 3.35. The Morgan fingerprint density at radius 2 is 2.00 bits per heavy atom. The van der Waals surface area contributed by atoms with Crippen LogP contribution in [0.4, 0.5) is 0 Å². The number of carbonyl (C=O) groups is 1. The Morgan fingerprint density at radius 3 is 2.84 bits per heavy atom. The van der Waals surface area contributed by atoms with Gasteiger partial charge >= 0.3 is 0 Å². The van der Waals surface area contributed by atoms with Gasteiger partial charge < -0.3 is 4.90 Å². The van der Waals surface area contributed by atoms with Crippen LogP contribution in [-0.2, 0) is 4.79 Å². The normalized spacial score (nSPS) is 17.6. The number of amides is 1. The fourth-order valence-corrected chi connectivity index (χ4v) is 4.47. The molecule has 0 saturated carbocycles. The molecule has 4 heteroatoms. The minimum absolute atomic E-state index is 0.0741. The van der Waals surface area contributed by atoms with Crippen LogP contribution in [0.25, 0.3) is 16.3 Å². The van der Waals surface area contributed by atoms with Gasteiger partial charge in [0.15, 0.2) is 0 Å². The Bertz CT molecular complexity index is 911. The van der Waals surface area contributed by atoms with Crippen molar-refractivity contribution in [2.75, 3.05) is 6.54 Å². The molecule has 1 unspecified atom stereocenters. The van der Waals surface area contributed by atoms with E-state index in [1.54, 1.807) is 17.4 Å². The molecule has 3 aromatic rings. The summed E-state index contributed by atoms with van der Waals surface area (Å²) in [5.74, 6) is 0.0741. The van der Waals surface area contributed by atoms with Crippen molar-refractivity contribution in [3.8, 4) is 0 Å². The van der Waals surface area contributed by atoms with Gasteiger partial charge in [0.05, 0.1) is 16.3 Å². The molecule has 1 aromatic heterocycles. The zero-order chi connectivity index (χ0) is 17.2. The van der Waals surface area contributed by atoms with E-state index in [0.29, 0.717) is 0 Å². The zero-order valence-corrected chi connectivity index (χ0v) is 15.0. The zero-order valence-electron chi connectivity index (χ0n) is 14.2. The van der Waals surface area contributed by atoms with Crippen molar-refractivity contribution in [2.45, 2.75) is 25.8 Å². The van der Waals surface area contributed by atoms with E-state index in [1.165, 1.54) is 10.3 Å². The molecule has 0 aliphatic carbocycles. The number of nitrogens with zero attached hydrogens (tertiary/aromatic N) is 2. The molecule has 126 valence electrons. The molecular formula is C21H20N2OS. The maximum atomic E-state index is 12.7. The highest BCUT2D eigenvalue weighted by Gasteiger charge is 2.31. The summed E-state index contributed by atoms with van der Waals surface area (Å²) in [6.07, 6.45) is 5.65. The molecule has 25 heavy (non-hydrogen) atoms. The number of aryl methyl sites for hydroxylation is 1. The second-order valence-corrected chi connectivity index (χ2v) is 7.46.